The highest BCUT2D eigenvalue weighted by Crippen LogP contribution is 2.14. The average Bonchev–Trinajstić information content (AvgIpc) is 2.82. The van der Waals surface area contributed by atoms with E-state index in [4.69, 9.17) is 4.74 Å². The Kier molecular flexibility index (Phi) is 4.59. The molecule has 0 aliphatic carbocycles. The molecular weight excluding hydrogens is 228 g/mol. The number of amides is 2. The largest absolute Gasteiger partial charge is 0.378 e. The second-order valence-corrected chi connectivity index (χ2v) is 4.67. The fraction of sp³-hybridized carbons (Fsp3) is 0.500. The van der Waals surface area contributed by atoms with Crippen molar-refractivity contribution in [2.45, 2.75) is 32.3 Å². The van der Waals surface area contributed by atoms with Crippen LogP contribution in [-0.2, 0) is 4.74 Å². The first-order valence-electron chi connectivity index (χ1n) is 6.47. The average molecular weight is 248 g/mol. The van der Waals surface area contributed by atoms with Crippen molar-refractivity contribution in [2.75, 3.05) is 18.5 Å². The molecule has 18 heavy (non-hydrogen) atoms. The van der Waals surface area contributed by atoms with Crippen molar-refractivity contribution in [2.24, 2.45) is 0 Å². The normalized spacial score (nSPS) is 18.6. The van der Waals surface area contributed by atoms with Crippen LogP contribution in [0, 0.1) is 6.92 Å². The van der Waals surface area contributed by atoms with Gasteiger partial charge in [0.1, 0.15) is 0 Å². The number of benzene rings is 1. The van der Waals surface area contributed by atoms with Gasteiger partial charge in [0.2, 0.25) is 0 Å². The Morgan fingerprint density at radius 2 is 2.39 bits per heavy atom. The minimum atomic E-state index is -0.154. The van der Waals surface area contributed by atoms with E-state index in [1.807, 2.05) is 31.2 Å². The minimum Gasteiger partial charge on any atom is -0.378 e. The lowest BCUT2D eigenvalue weighted by Gasteiger charge is -2.11. The number of rotatable bonds is 4. The summed E-state index contributed by atoms with van der Waals surface area (Å²) < 4.78 is 5.50. The number of hydrogen-bond donors (Lipinski definition) is 2. The topological polar surface area (TPSA) is 50.4 Å². The van der Waals surface area contributed by atoms with Crippen molar-refractivity contribution in [3.63, 3.8) is 0 Å². The summed E-state index contributed by atoms with van der Waals surface area (Å²) in [5, 5.41) is 5.66. The Balaban J connectivity index is 1.68. The van der Waals surface area contributed by atoms with E-state index in [0.717, 1.165) is 37.1 Å². The zero-order valence-electron chi connectivity index (χ0n) is 10.7. The van der Waals surface area contributed by atoms with E-state index in [2.05, 4.69) is 10.6 Å². The van der Waals surface area contributed by atoms with E-state index in [9.17, 15) is 4.79 Å². The van der Waals surface area contributed by atoms with Crippen molar-refractivity contribution in [1.82, 2.24) is 5.32 Å². The fourth-order valence-corrected chi connectivity index (χ4v) is 2.12. The number of aryl methyl sites for hydroxylation is 1. The van der Waals surface area contributed by atoms with Gasteiger partial charge < -0.3 is 15.4 Å². The molecule has 1 heterocycles. The number of hydrogen-bond acceptors (Lipinski definition) is 2. The Bertz CT molecular complexity index is 401. The van der Waals surface area contributed by atoms with Crippen LogP contribution in [0.3, 0.4) is 0 Å². The number of anilines is 1. The third-order valence-corrected chi connectivity index (χ3v) is 3.05. The molecule has 1 unspecified atom stereocenters. The zero-order chi connectivity index (χ0) is 12.8. The van der Waals surface area contributed by atoms with Crippen molar-refractivity contribution in [1.29, 1.82) is 0 Å². The SMILES string of the molecule is Cc1cccc(NC(=O)NCCC2CCCO2)c1. The molecule has 2 N–H and O–H groups in total. The first-order valence-corrected chi connectivity index (χ1v) is 6.47. The van der Waals surface area contributed by atoms with Crippen LogP contribution in [-0.4, -0.2) is 25.3 Å². The number of carbonyl (C=O) groups is 1. The van der Waals surface area contributed by atoms with Gasteiger partial charge in [0.05, 0.1) is 6.10 Å². The fourth-order valence-electron chi connectivity index (χ4n) is 2.12. The van der Waals surface area contributed by atoms with Gasteiger partial charge in [-0.15, -0.1) is 0 Å². The van der Waals surface area contributed by atoms with Crippen molar-refractivity contribution >= 4 is 11.7 Å². The van der Waals surface area contributed by atoms with Gasteiger partial charge in [-0.2, -0.15) is 0 Å². The van der Waals surface area contributed by atoms with Gasteiger partial charge in [-0.05, 0) is 43.9 Å². The maximum Gasteiger partial charge on any atom is 0.319 e. The summed E-state index contributed by atoms with van der Waals surface area (Å²) >= 11 is 0. The zero-order valence-corrected chi connectivity index (χ0v) is 10.7. The van der Waals surface area contributed by atoms with Gasteiger partial charge in [0.15, 0.2) is 0 Å². The lowest BCUT2D eigenvalue weighted by molar-refractivity contribution is 0.105. The molecule has 0 radical (unpaired) electrons. The maximum absolute atomic E-state index is 11.6. The van der Waals surface area contributed by atoms with Crippen LogP contribution < -0.4 is 10.6 Å². The Labute approximate surface area is 108 Å². The van der Waals surface area contributed by atoms with E-state index in [-0.39, 0.29) is 6.03 Å². The van der Waals surface area contributed by atoms with Gasteiger partial charge >= 0.3 is 6.03 Å². The highest BCUT2D eigenvalue weighted by atomic mass is 16.5. The molecule has 0 spiro atoms. The van der Waals surface area contributed by atoms with E-state index < -0.39 is 0 Å². The summed E-state index contributed by atoms with van der Waals surface area (Å²) in [7, 11) is 0. The molecule has 2 rings (SSSR count). The summed E-state index contributed by atoms with van der Waals surface area (Å²) in [6.45, 7) is 3.52. The van der Waals surface area contributed by atoms with E-state index in [1.54, 1.807) is 0 Å². The molecule has 2 amide bonds. The van der Waals surface area contributed by atoms with E-state index >= 15 is 0 Å². The summed E-state index contributed by atoms with van der Waals surface area (Å²) in [5.74, 6) is 0. The molecule has 98 valence electrons. The molecule has 1 aliphatic heterocycles. The van der Waals surface area contributed by atoms with E-state index in [1.165, 1.54) is 0 Å². The van der Waals surface area contributed by atoms with Crippen LogP contribution in [0.2, 0.25) is 0 Å². The lowest BCUT2D eigenvalue weighted by Crippen LogP contribution is -2.31. The van der Waals surface area contributed by atoms with Gasteiger partial charge in [-0.3, -0.25) is 0 Å². The third-order valence-electron chi connectivity index (χ3n) is 3.05. The molecule has 0 aromatic heterocycles. The number of urea groups is 1. The molecule has 4 nitrogen and oxygen atoms in total. The molecule has 1 aliphatic rings. The second kappa shape index (κ2) is 6.40. The Morgan fingerprint density at radius 3 is 3.11 bits per heavy atom. The molecule has 1 saturated heterocycles. The highest BCUT2D eigenvalue weighted by molar-refractivity contribution is 5.89. The molecule has 1 aromatic carbocycles. The Hall–Kier alpha value is -1.55. The molecule has 1 aromatic rings. The number of ether oxygens (including phenoxy) is 1. The van der Waals surface area contributed by atoms with Crippen LogP contribution in [0.15, 0.2) is 24.3 Å². The first kappa shape index (κ1) is 12.9. The van der Waals surface area contributed by atoms with Crippen molar-refractivity contribution in [3.05, 3.63) is 29.8 Å². The number of nitrogens with one attached hydrogen (secondary N) is 2. The molecule has 0 saturated carbocycles. The van der Waals surface area contributed by atoms with Crippen LogP contribution in [0.1, 0.15) is 24.8 Å². The standard InChI is InChI=1S/C14H20N2O2/c1-11-4-2-5-12(10-11)16-14(17)15-8-7-13-6-3-9-18-13/h2,4-5,10,13H,3,6-9H2,1H3,(H2,15,16,17). The van der Waals surface area contributed by atoms with Gasteiger partial charge in [-0.1, -0.05) is 12.1 Å². The summed E-state index contributed by atoms with van der Waals surface area (Å²) in [4.78, 5) is 11.6. The number of carbonyl (C=O) groups excluding carboxylic acids is 1. The quantitative estimate of drug-likeness (QED) is 0.860. The molecule has 0 bridgehead atoms. The van der Waals surface area contributed by atoms with Crippen molar-refractivity contribution in [3.8, 4) is 0 Å². The predicted molar refractivity (Wildman–Crippen MR) is 71.8 cm³/mol. The van der Waals surface area contributed by atoms with Crippen LogP contribution >= 0.6 is 0 Å². The first-order chi connectivity index (χ1) is 8.74. The monoisotopic (exact) mass is 248 g/mol. The summed E-state index contributed by atoms with van der Waals surface area (Å²) in [6.07, 6.45) is 3.46. The second-order valence-electron chi connectivity index (χ2n) is 4.67. The van der Waals surface area contributed by atoms with Gasteiger partial charge in [0.25, 0.3) is 0 Å². The summed E-state index contributed by atoms with van der Waals surface area (Å²) in [6, 6.07) is 7.60. The molecule has 4 heteroatoms. The van der Waals surface area contributed by atoms with E-state index in [0.29, 0.717) is 12.6 Å². The lowest BCUT2D eigenvalue weighted by atomic mass is 10.2. The molecular formula is C14H20N2O2. The van der Waals surface area contributed by atoms with Crippen molar-refractivity contribution < 1.29 is 9.53 Å². The van der Waals surface area contributed by atoms with Gasteiger partial charge in [0, 0.05) is 18.8 Å². The summed E-state index contributed by atoms with van der Waals surface area (Å²) in [5.41, 5.74) is 1.96. The molecule has 1 atom stereocenters. The Morgan fingerprint density at radius 1 is 1.50 bits per heavy atom. The van der Waals surface area contributed by atoms with Crippen LogP contribution in [0.25, 0.3) is 0 Å². The van der Waals surface area contributed by atoms with Gasteiger partial charge in [-0.25, -0.2) is 4.79 Å². The molecule has 1 fully saturated rings. The minimum absolute atomic E-state index is 0.154. The predicted octanol–water partition coefficient (Wildman–Crippen LogP) is 2.69. The van der Waals surface area contributed by atoms with Crippen LogP contribution in [0.4, 0.5) is 10.5 Å². The van der Waals surface area contributed by atoms with Crippen LogP contribution in [0.5, 0.6) is 0 Å². The smallest absolute Gasteiger partial charge is 0.319 e. The highest BCUT2D eigenvalue weighted by Gasteiger charge is 2.14. The maximum atomic E-state index is 11.6. The third kappa shape index (κ3) is 4.04.